The summed E-state index contributed by atoms with van der Waals surface area (Å²) in [6, 6.07) is 6.30. The van der Waals surface area contributed by atoms with Crippen LogP contribution in [0.25, 0.3) is 0 Å². The molecule has 0 radical (unpaired) electrons. The largest absolute Gasteiger partial charge is 0.444 e. The standard InChI is InChI=1S/C22H32N2O2/c1-15-10-11-23-19-9-8-17(14-24-20(25)26-21(3,4)5)13-18(19)22(6,7)16(2)12-15/h8-13,16,23H,14H2,1-7H3,(H,24,25)/b11-10-,15-12-/t16-/m1/s1. The third-order valence-corrected chi connectivity index (χ3v) is 4.85. The molecule has 1 atom stereocenters. The fraction of sp³-hybridized carbons (Fsp3) is 0.500. The second-order valence-electron chi connectivity index (χ2n) is 8.63. The highest BCUT2D eigenvalue weighted by molar-refractivity contribution is 5.68. The van der Waals surface area contributed by atoms with E-state index < -0.39 is 11.7 Å². The Hall–Kier alpha value is -2.23. The van der Waals surface area contributed by atoms with Gasteiger partial charge in [0.05, 0.1) is 0 Å². The zero-order chi connectivity index (χ0) is 19.5. The van der Waals surface area contributed by atoms with Gasteiger partial charge in [0.25, 0.3) is 0 Å². The van der Waals surface area contributed by atoms with Gasteiger partial charge in [0.15, 0.2) is 0 Å². The van der Waals surface area contributed by atoms with E-state index >= 15 is 0 Å². The molecule has 1 aliphatic rings. The summed E-state index contributed by atoms with van der Waals surface area (Å²) in [4.78, 5) is 11.9. The lowest BCUT2D eigenvalue weighted by Gasteiger charge is -2.33. The first-order valence-corrected chi connectivity index (χ1v) is 9.21. The maximum atomic E-state index is 11.9. The summed E-state index contributed by atoms with van der Waals surface area (Å²) in [6.07, 6.45) is 5.99. The number of ether oxygens (including phenoxy) is 1. The lowest BCUT2D eigenvalue weighted by Crippen LogP contribution is -2.32. The number of amides is 1. The molecule has 1 amide bonds. The van der Waals surface area contributed by atoms with Gasteiger partial charge in [-0.3, -0.25) is 0 Å². The van der Waals surface area contributed by atoms with E-state index in [1.807, 2.05) is 33.0 Å². The van der Waals surface area contributed by atoms with Crippen LogP contribution in [0.2, 0.25) is 0 Å². The third-order valence-electron chi connectivity index (χ3n) is 4.85. The van der Waals surface area contributed by atoms with Crippen LogP contribution < -0.4 is 10.6 Å². The van der Waals surface area contributed by atoms with Crippen molar-refractivity contribution in [1.29, 1.82) is 0 Å². The smallest absolute Gasteiger partial charge is 0.407 e. The van der Waals surface area contributed by atoms with E-state index in [1.54, 1.807) is 0 Å². The van der Waals surface area contributed by atoms with Crippen molar-refractivity contribution < 1.29 is 9.53 Å². The van der Waals surface area contributed by atoms with Crippen molar-refractivity contribution in [1.82, 2.24) is 5.32 Å². The molecule has 0 saturated carbocycles. The van der Waals surface area contributed by atoms with E-state index in [0.29, 0.717) is 12.5 Å². The number of carbonyl (C=O) groups excluding carboxylic acids is 1. The molecule has 142 valence electrons. The summed E-state index contributed by atoms with van der Waals surface area (Å²) in [7, 11) is 0. The van der Waals surface area contributed by atoms with Gasteiger partial charge >= 0.3 is 6.09 Å². The Morgan fingerprint density at radius 2 is 2.00 bits per heavy atom. The Morgan fingerprint density at radius 1 is 1.31 bits per heavy atom. The normalized spacial score (nSPS) is 22.4. The number of hydrogen-bond acceptors (Lipinski definition) is 3. The van der Waals surface area contributed by atoms with Gasteiger partial charge in [-0.1, -0.05) is 44.6 Å². The Balaban J connectivity index is 2.25. The van der Waals surface area contributed by atoms with Crippen LogP contribution in [0, 0.1) is 5.92 Å². The van der Waals surface area contributed by atoms with E-state index in [0.717, 1.165) is 11.3 Å². The molecule has 1 aliphatic heterocycles. The van der Waals surface area contributed by atoms with E-state index in [1.165, 1.54) is 11.1 Å². The summed E-state index contributed by atoms with van der Waals surface area (Å²) in [5, 5.41) is 6.24. The molecule has 1 aromatic rings. The average molecular weight is 357 g/mol. The zero-order valence-corrected chi connectivity index (χ0v) is 17.1. The molecule has 0 aromatic heterocycles. The minimum Gasteiger partial charge on any atom is -0.444 e. The molecule has 0 fully saturated rings. The van der Waals surface area contributed by atoms with Crippen LogP contribution in [0.3, 0.4) is 0 Å². The van der Waals surface area contributed by atoms with Crippen molar-refractivity contribution in [2.45, 2.75) is 66.0 Å². The molecular formula is C22H32N2O2. The molecule has 0 bridgehead atoms. The second-order valence-corrected chi connectivity index (χ2v) is 8.63. The first kappa shape index (κ1) is 20.1. The molecule has 4 nitrogen and oxygen atoms in total. The highest BCUT2D eigenvalue weighted by atomic mass is 16.6. The van der Waals surface area contributed by atoms with Crippen molar-refractivity contribution in [3.63, 3.8) is 0 Å². The van der Waals surface area contributed by atoms with Crippen LogP contribution in [0.5, 0.6) is 0 Å². The van der Waals surface area contributed by atoms with Crippen molar-refractivity contribution >= 4 is 11.8 Å². The SMILES string of the molecule is CC1=C/[C@@H](C)C(C)(C)c2cc(CNC(=O)OC(C)(C)C)ccc2N/C=C\1. The minimum atomic E-state index is -0.494. The van der Waals surface area contributed by atoms with Crippen LogP contribution in [0.15, 0.2) is 42.1 Å². The maximum Gasteiger partial charge on any atom is 0.407 e. The van der Waals surface area contributed by atoms with Gasteiger partial charge in [-0.05, 0) is 62.3 Å². The number of hydrogen-bond donors (Lipinski definition) is 2. The Morgan fingerprint density at radius 3 is 2.65 bits per heavy atom. The number of carbonyl (C=O) groups is 1. The van der Waals surface area contributed by atoms with Crippen molar-refractivity contribution in [3.05, 3.63) is 53.3 Å². The highest BCUT2D eigenvalue weighted by Gasteiger charge is 2.29. The Kier molecular flexibility index (Phi) is 5.84. The molecule has 0 unspecified atom stereocenters. The van der Waals surface area contributed by atoms with Gasteiger partial charge in [-0.25, -0.2) is 4.79 Å². The number of fused-ring (bicyclic) bond motifs is 1. The van der Waals surface area contributed by atoms with Crippen LogP contribution in [0.1, 0.15) is 59.6 Å². The maximum absolute atomic E-state index is 11.9. The van der Waals surface area contributed by atoms with Crippen molar-refractivity contribution in [2.75, 3.05) is 5.32 Å². The van der Waals surface area contributed by atoms with Crippen LogP contribution >= 0.6 is 0 Å². The molecular weight excluding hydrogens is 324 g/mol. The molecule has 26 heavy (non-hydrogen) atoms. The molecule has 0 saturated heterocycles. The van der Waals surface area contributed by atoms with E-state index in [-0.39, 0.29) is 5.41 Å². The van der Waals surface area contributed by atoms with Crippen LogP contribution in [0.4, 0.5) is 10.5 Å². The number of anilines is 1. The van der Waals surface area contributed by atoms with Crippen LogP contribution in [-0.2, 0) is 16.7 Å². The average Bonchev–Trinajstić information content (AvgIpc) is 2.54. The lowest BCUT2D eigenvalue weighted by atomic mass is 9.72. The predicted octanol–water partition coefficient (Wildman–Crippen LogP) is 5.51. The number of alkyl carbamates (subject to hydrolysis) is 1. The van der Waals surface area contributed by atoms with Gasteiger partial charge < -0.3 is 15.4 Å². The third kappa shape index (κ3) is 5.13. The van der Waals surface area contributed by atoms with Crippen molar-refractivity contribution in [3.8, 4) is 0 Å². The summed E-state index contributed by atoms with van der Waals surface area (Å²) >= 11 is 0. The summed E-state index contributed by atoms with van der Waals surface area (Å²) in [5.74, 6) is 0.375. The Labute approximate surface area is 157 Å². The number of benzene rings is 1. The van der Waals surface area contributed by atoms with E-state index in [9.17, 15) is 4.79 Å². The first-order valence-electron chi connectivity index (χ1n) is 9.21. The van der Waals surface area contributed by atoms with Gasteiger partial charge in [0, 0.05) is 18.4 Å². The monoisotopic (exact) mass is 356 g/mol. The highest BCUT2D eigenvalue weighted by Crippen LogP contribution is 2.38. The fourth-order valence-electron chi connectivity index (χ4n) is 3.02. The van der Waals surface area contributed by atoms with Gasteiger partial charge in [0.1, 0.15) is 5.60 Å². The number of allylic oxidation sites excluding steroid dienone is 3. The van der Waals surface area contributed by atoms with Gasteiger partial charge in [-0.15, -0.1) is 0 Å². The number of nitrogens with one attached hydrogen (secondary N) is 2. The second kappa shape index (κ2) is 7.56. The van der Waals surface area contributed by atoms with E-state index in [2.05, 4.69) is 62.6 Å². The molecule has 2 N–H and O–H groups in total. The van der Waals surface area contributed by atoms with Gasteiger partial charge in [-0.2, -0.15) is 0 Å². The predicted molar refractivity (Wildman–Crippen MR) is 108 cm³/mol. The molecule has 2 rings (SSSR count). The topological polar surface area (TPSA) is 50.4 Å². The Bertz CT molecular complexity index is 724. The molecule has 1 heterocycles. The quantitative estimate of drug-likeness (QED) is 0.734. The summed E-state index contributed by atoms with van der Waals surface area (Å²) < 4.78 is 5.32. The summed E-state index contributed by atoms with van der Waals surface area (Å²) in [5.41, 5.74) is 4.11. The minimum absolute atomic E-state index is 0.0441. The molecule has 0 aliphatic carbocycles. The fourth-order valence-corrected chi connectivity index (χ4v) is 3.02. The van der Waals surface area contributed by atoms with Crippen molar-refractivity contribution in [2.24, 2.45) is 5.92 Å². The summed E-state index contributed by atoms with van der Waals surface area (Å²) in [6.45, 7) is 14.9. The van der Waals surface area contributed by atoms with Crippen LogP contribution in [-0.4, -0.2) is 11.7 Å². The molecule has 1 aromatic carbocycles. The van der Waals surface area contributed by atoms with Gasteiger partial charge in [0.2, 0.25) is 0 Å². The van der Waals surface area contributed by atoms with E-state index in [4.69, 9.17) is 4.74 Å². The first-order chi connectivity index (χ1) is 12.0. The molecule has 4 heteroatoms. The lowest BCUT2D eigenvalue weighted by molar-refractivity contribution is 0.0523. The molecule has 0 spiro atoms. The zero-order valence-electron chi connectivity index (χ0n) is 17.1. The number of rotatable bonds is 2.